The molecule has 1 N–H and O–H groups in total. The summed E-state index contributed by atoms with van der Waals surface area (Å²) in [6.45, 7) is 5.82. The van der Waals surface area contributed by atoms with E-state index in [2.05, 4.69) is 20.9 Å². The van der Waals surface area contributed by atoms with Gasteiger partial charge in [-0.15, -0.1) is 0 Å². The number of rotatable bonds is 4. The fourth-order valence-electron chi connectivity index (χ4n) is 3.04. The van der Waals surface area contributed by atoms with Crippen molar-refractivity contribution in [1.82, 2.24) is 4.57 Å². The summed E-state index contributed by atoms with van der Waals surface area (Å²) in [5.41, 5.74) is 4.01. The van der Waals surface area contributed by atoms with E-state index in [1.54, 1.807) is 6.92 Å². The molecule has 0 saturated heterocycles. The Kier molecular flexibility index (Phi) is 6.00. The zero-order chi connectivity index (χ0) is 21.1. The lowest BCUT2D eigenvalue weighted by molar-refractivity contribution is 0.413. The molecule has 0 spiro atoms. The van der Waals surface area contributed by atoms with E-state index < -0.39 is 5.56 Å². The van der Waals surface area contributed by atoms with Crippen LogP contribution in [0.5, 0.6) is 5.88 Å². The monoisotopic (exact) mass is 449 g/mol. The van der Waals surface area contributed by atoms with Crippen LogP contribution >= 0.6 is 15.9 Å². The van der Waals surface area contributed by atoms with Gasteiger partial charge in [0.2, 0.25) is 5.88 Å². The Morgan fingerprint density at radius 1 is 1.17 bits per heavy atom. The van der Waals surface area contributed by atoms with E-state index in [1.165, 1.54) is 10.8 Å². The van der Waals surface area contributed by atoms with Crippen molar-refractivity contribution in [2.24, 2.45) is 4.99 Å². The molecule has 0 unspecified atom stereocenters. The van der Waals surface area contributed by atoms with Gasteiger partial charge in [0.15, 0.2) is 0 Å². The minimum Gasteiger partial charge on any atom is -0.494 e. The number of aromatic nitrogens is 1. The van der Waals surface area contributed by atoms with Crippen molar-refractivity contribution in [3.8, 4) is 11.9 Å². The normalized spacial score (nSPS) is 11.0. The predicted octanol–water partition coefficient (Wildman–Crippen LogP) is 4.91. The van der Waals surface area contributed by atoms with Crippen molar-refractivity contribution in [3.05, 3.63) is 90.7 Å². The van der Waals surface area contributed by atoms with Crippen molar-refractivity contribution in [2.45, 2.75) is 27.3 Å². The number of pyridine rings is 1. The Morgan fingerprint density at radius 2 is 1.83 bits per heavy atom. The van der Waals surface area contributed by atoms with E-state index in [0.29, 0.717) is 16.8 Å². The van der Waals surface area contributed by atoms with E-state index >= 15 is 0 Å². The smallest absolute Gasteiger partial charge is 0.271 e. The number of aromatic hydroxyl groups is 1. The summed E-state index contributed by atoms with van der Waals surface area (Å²) in [6, 6.07) is 15.2. The van der Waals surface area contributed by atoms with Gasteiger partial charge in [0, 0.05) is 10.7 Å². The maximum Gasteiger partial charge on any atom is 0.271 e. The molecule has 3 aromatic rings. The van der Waals surface area contributed by atoms with Gasteiger partial charge in [-0.1, -0.05) is 30.3 Å². The molecule has 6 heteroatoms. The largest absolute Gasteiger partial charge is 0.494 e. The maximum atomic E-state index is 12.7. The second-order valence-corrected chi connectivity index (χ2v) is 7.73. The average molecular weight is 450 g/mol. The van der Waals surface area contributed by atoms with Crippen molar-refractivity contribution >= 4 is 27.8 Å². The van der Waals surface area contributed by atoms with Gasteiger partial charge in [-0.25, -0.2) is 0 Å². The zero-order valence-electron chi connectivity index (χ0n) is 16.4. The summed E-state index contributed by atoms with van der Waals surface area (Å²) in [6.07, 6.45) is 1.50. The fourth-order valence-corrected chi connectivity index (χ4v) is 3.60. The van der Waals surface area contributed by atoms with Gasteiger partial charge in [-0.3, -0.25) is 14.4 Å². The third kappa shape index (κ3) is 4.15. The highest BCUT2D eigenvalue weighted by atomic mass is 79.9. The number of nitrogens with zero attached hydrogens (tertiary/aromatic N) is 3. The summed E-state index contributed by atoms with van der Waals surface area (Å²) < 4.78 is 2.03. The van der Waals surface area contributed by atoms with E-state index in [9.17, 15) is 15.2 Å². The van der Waals surface area contributed by atoms with Crippen LogP contribution in [-0.2, 0) is 6.54 Å². The molecule has 1 heterocycles. The highest BCUT2D eigenvalue weighted by Crippen LogP contribution is 2.29. The lowest BCUT2D eigenvalue weighted by Gasteiger charge is -2.14. The average Bonchev–Trinajstić information content (AvgIpc) is 2.70. The van der Waals surface area contributed by atoms with Crippen molar-refractivity contribution in [3.63, 3.8) is 0 Å². The van der Waals surface area contributed by atoms with Crippen LogP contribution in [0, 0.1) is 32.1 Å². The molecule has 0 aliphatic heterocycles. The molecule has 0 aliphatic carbocycles. The first-order valence-electron chi connectivity index (χ1n) is 9.04. The van der Waals surface area contributed by atoms with Crippen molar-refractivity contribution < 1.29 is 5.11 Å². The summed E-state index contributed by atoms with van der Waals surface area (Å²) >= 11 is 3.51. The molecular weight excluding hydrogens is 430 g/mol. The van der Waals surface area contributed by atoms with Crippen molar-refractivity contribution in [1.29, 1.82) is 5.26 Å². The topological polar surface area (TPSA) is 78.4 Å². The Morgan fingerprint density at radius 3 is 2.48 bits per heavy atom. The van der Waals surface area contributed by atoms with Gasteiger partial charge in [0.1, 0.15) is 11.6 Å². The Labute approximate surface area is 177 Å². The number of aliphatic imine (C=N–C) groups is 1. The molecule has 29 heavy (non-hydrogen) atoms. The molecule has 146 valence electrons. The quantitative estimate of drug-likeness (QED) is 0.574. The Bertz CT molecular complexity index is 1210. The van der Waals surface area contributed by atoms with Crippen LogP contribution < -0.4 is 5.56 Å². The number of hydrogen-bond acceptors (Lipinski definition) is 4. The Hall–Kier alpha value is -3.17. The molecule has 0 aliphatic rings. The first-order chi connectivity index (χ1) is 13.8. The molecule has 5 nitrogen and oxygen atoms in total. The third-order valence-electron chi connectivity index (χ3n) is 4.93. The molecular formula is C23H20BrN3O2. The molecule has 0 amide bonds. The highest BCUT2D eigenvalue weighted by Gasteiger charge is 2.18. The van der Waals surface area contributed by atoms with Crippen LogP contribution in [-0.4, -0.2) is 15.9 Å². The van der Waals surface area contributed by atoms with Crippen LogP contribution in [0.15, 0.2) is 56.7 Å². The minimum atomic E-state index is -0.518. The van der Waals surface area contributed by atoms with Gasteiger partial charge in [-0.2, -0.15) is 5.26 Å². The molecule has 3 rings (SSSR count). The van der Waals surface area contributed by atoms with Gasteiger partial charge in [0.25, 0.3) is 5.56 Å². The van der Waals surface area contributed by atoms with Gasteiger partial charge in [-0.05, 0) is 71.1 Å². The number of nitriles is 1. The van der Waals surface area contributed by atoms with Crippen LogP contribution in [0.4, 0.5) is 5.69 Å². The number of hydrogen-bond donors (Lipinski definition) is 1. The van der Waals surface area contributed by atoms with Gasteiger partial charge < -0.3 is 5.11 Å². The standard InChI is InChI=1S/C23H20BrN3O2/c1-14-9-20(24)21(10-15(14)2)26-12-19-16(3)18(11-25)22(28)27(23(19)29)13-17-7-5-4-6-8-17/h4-10,12,29H,13H2,1-3H3. The fraction of sp³-hybridized carbons (Fsp3) is 0.174. The van der Waals surface area contributed by atoms with E-state index in [-0.39, 0.29) is 18.0 Å². The zero-order valence-corrected chi connectivity index (χ0v) is 18.0. The van der Waals surface area contributed by atoms with E-state index in [4.69, 9.17) is 0 Å². The first-order valence-corrected chi connectivity index (χ1v) is 9.84. The third-order valence-corrected chi connectivity index (χ3v) is 5.56. The van der Waals surface area contributed by atoms with Crippen LogP contribution in [0.3, 0.4) is 0 Å². The number of benzene rings is 2. The molecule has 0 bridgehead atoms. The van der Waals surface area contributed by atoms with Crippen molar-refractivity contribution in [2.75, 3.05) is 0 Å². The molecule has 0 saturated carbocycles. The molecule has 2 aromatic carbocycles. The van der Waals surface area contributed by atoms with Crippen LogP contribution in [0.1, 0.15) is 33.4 Å². The Balaban J connectivity index is 2.14. The molecule has 1 aromatic heterocycles. The molecule has 0 fully saturated rings. The van der Waals surface area contributed by atoms with Gasteiger partial charge in [0.05, 0.1) is 17.8 Å². The van der Waals surface area contributed by atoms with E-state index in [1.807, 2.05) is 62.4 Å². The second-order valence-electron chi connectivity index (χ2n) is 6.87. The highest BCUT2D eigenvalue weighted by molar-refractivity contribution is 9.10. The lowest BCUT2D eigenvalue weighted by Crippen LogP contribution is -2.25. The lowest BCUT2D eigenvalue weighted by atomic mass is 10.1. The first kappa shape index (κ1) is 20.6. The SMILES string of the molecule is Cc1cc(Br)c(N=Cc2c(C)c(C#N)c(=O)n(Cc3ccccc3)c2O)cc1C. The summed E-state index contributed by atoms with van der Waals surface area (Å²) in [7, 11) is 0. The predicted molar refractivity (Wildman–Crippen MR) is 118 cm³/mol. The molecule has 0 radical (unpaired) electrons. The summed E-state index contributed by atoms with van der Waals surface area (Å²) in [5.74, 6) is -0.209. The maximum absolute atomic E-state index is 12.7. The van der Waals surface area contributed by atoms with Gasteiger partial charge >= 0.3 is 0 Å². The van der Waals surface area contributed by atoms with Crippen LogP contribution in [0.2, 0.25) is 0 Å². The van der Waals surface area contributed by atoms with Crippen LogP contribution in [0.25, 0.3) is 0 Å². The number of aryl methyl sites for hydroxylation is 2. The molecule has 0 atom stereocenters. The second kappa shape index (κ2) is 8.46. The number of halogens is 1. The minimum absolute atomic E-state index is 0.000617. The van der Waals surface area contributed by atoms with E-state index in [0.717, 1.165) is 21.2 Å². The summed E-state index contributed by atoms with van der Waals surface area (Å²) in [4.78, 5) is 17.2. The summed E-state index contributed by atoms with van der Waals surface area (Å²) in [5, 5.41) is 20.3.